The predicted octanol–water partition coefficient (Wildman–Crippen LogP) is 5.86. The summed E-state index contributed by atoms with van der Waals surface area (Å²) in [4.78, 5) is 14.9. The number of rotatable bonds is 12. The van der Waals surface area contributed by atoms with Gasteiger partial charge in [-0.05, 0) is 43.4 Å². The molecule has 192 valence electrons. The highest BCUT2D eigenvalue weighted by molar-refractivity contribution is 7.98. The van der Waals surface area contributed by atoms with Crippen molar-refractivity contribution in [1.29, 1.82) is 0 Å². The Morgan fingerprint density at radius 3 is 2.40 bits per heavy atom. The molecule has 3 rings (SSSR count). The highest BCUT2D eigenvalue weighted by atomic mass is 32.2. The van der Waals surface area contributed by atoms with Gasteiger partial charge in [0.1, 0.15) is 12.4 Å². The summed E-state index contributed by atoms with van der Waals surface area (Å²) < 4.78 is 19.6. The average molecular weight is 520 g/mol. The van der Waals surface area contributed by atoms with Gasteiger partial charge in [0.2, 0.25) is 0 Å². The van der Waals surface area contributed by atoms with Crippen LogP contribution in [0.4, 0.5) is 11.4 Å². The maximum absolute atomic E-state index is 13.9. The van der Waals surface area contributed by atoms with E-state index < -0.39 is 22.9 Å². The van der Waals surface area contributed by atoms with E-state index in [4.69, 9.17) is 9.84 Å². The lowest BCUT2D eigenvalue weighted by molar-refractivity contribution is -0.148. The lowest BCUT2D eigenvalue weighted by Crippen LogP contribution is -2.37. The van der Waals surface area contributed by atoms with Crippen LogP contribution in [0.15, 0.2) is 52.3 Å². The number of aliphatic carboxylic acids is 1. The third-order valence-electron chi connectivity index (χ3n) is 6.58. The van der Waals surface area contributed by atoms with Gasteiger partial charge in [-0.1, -0.05) is 57.7 Å². The summed E-state index contributed by atoms with van der Waals surface area (Å²) in [6, 6.07) is 14.0. The van der Waals surface area contributed by atoms with Gasteiger partial charge in [0.25, 0.3) is 0 Å². The quantitative estimate of drug-likeness (QED) is 0.340. The van der Waals surface area contributed by atoms with Crippen molar-refractivity contribution in [2.24, 2.45) is 5.41 Å². The summed E-state index contributed by atoms with van der Waals surface area (Å²) in [6.45, 7) is 4.82. The fourth-order valence-electron chi connectivity index (χ4n) is 4.63. The number of ether oxygens (including phenoxy) is 1. The van der Waals surface area contributed by atoms with Crippen LogP contribution < -0.4 is 9.64 Å². The number of carbonyl (C=O) groups is 1. The lowest BCUT2D eigenvalue weighted by atomic mass is 9.79. The molecule has 1 heterocycles. The van der Waals surface area contributed by atoms with Crippen LogP contribution in [0.5, 0.6) is 5.75 Å². The molecule has 1 aliphatic rings. The number of anilines is 2. The van der Waals surface area contributed by atoms with Gasteiger partial charge in [-0.15, -0.1) is 11.8 Å². The van der Waals surface area contributed by atoms with Gasteiger partial charge in [0.05, 0.1) is 26.3 Å². The van der Waals surface area contributed by atoms with Gasteiger partial charge in [-0.2, -0.15) is 0 Å². The number of carboxylic acid groups (broad SMARTS) is 1. The van der Waals surface area contributed by atoms with Crippen molar-refractivity contribution in [2.45, 2.75) is 68.3 Å². The minimum Gasteiger partial charge on any atom is -0.489 e. The van der Waals surface area contributed by atoms with Crippen molar-refractivity contribution in [3.05, 3.63) is 42.5 Å². The second-order valence-corrected chi connectivity index (χ2v) is 11.5. The van der Waals surface area contributed by atoms with Crippen molar-refractivity contribution in [3.8, 4) is 5.75 Å². The number of aliphatic hydroxyl groups is 1. The summed E-state index contributed by atoms with van der Waals surface area (Å²) in [5.74, 6) is -0.299. The summed E-state index contributed by atoms with van der Waals surface area (Å²) in [6.07, 6.45) is 6.74. The molecule has 0 bridgehead atoms. The fourth-order valence-corrected chi connectivity index (χ4v) is 6.91. The Kier molecular flexibility index (Phi) is 10.1. The Balaban J connectivity index is 2.11. The zero-order valence-electron chi connectivity index (χ0n) is 20.9. The van der Waals surface area contributed by atoms with Gasteiger partial charge < -0.3 is 19.8 Å². The number of aliphatic hydroxyl groups excluding tert-OH is 1. The normalized spacial score (nSPS) is 17.9. The van der Waals surface area contributed by atoms with Crippen LogP contribution in [0.2, 0.25) is 0 Å². The molecule has 6 nitrogen and oxygen atoms in total. The number of fused-ring (bicyclic) bond motifs is 1. The van der Waals surface area contributed by atoms with E-state index in [0.29, 0.717) is 16.4 Å². The number of hydrogen-bond acceptors (Lipinski definition) is 6. The molecule has 2 atom stereocenters. The molecule has 0 aromatic heterocycles. The smallest absolute Gasteiger partial charge is 0.336 e. The molecule has 0 fully saturated rings. The van der Waals surface area contributed by atoms with Crippen LogP contribution in [0, 0.1) is 5.41 Å². The second kappa shape index (κ2) is 12.8. The Bertz CT molecular complexity index is 1010. The van der Waals surface area contributed by atoms with Gasteiger partial charge in [-0.3, -0.25) is 4.21 Å². The minimum absolute atomic E-state index is 0.0776. The van der Waals surface area contributed by atoms with Crippen LogP contribution in [-0.4, -0.2) is 51.7 Å². The maximum Gasteiger partial charge on any atom is 0.336 e. The average Bonchev–Trinajstić information content (AvgIpc) is 2.99. The van der Waals surface area contributed by atoms with E-state index in [0.717, 1.165) is 61.3 Å². The lowest BCUT2D eigenvalue weighted by Gasteiger charge is -2.37. The highest BCUT2D eigenvalue weighted by Crippen LogP contribution is 2.46. The molecule has 2 aromatic rings. The molecule has 1 aliphatic heterocycles. The third kappa shape index (κ3) is 6.80. The van der Waals surface area contributed by atoms with Crippen molar-refractivity contribution < 1.29 is 24.0 Å². The third-order valence-corrected chi connectivity index (χ3v) is 9.03. The Morgan fingerprint density at radius 1 is 1.17 bits per heavy atom. The molecule has 0 aliphatic carbocycles. The molecule has 0 saturated carbocycles. The van der Waals surface area contributed by atoms with Crippen LogP contribution in [-0.2, 0) is 15.6 Å². The topological polar surface area (TPSA) is 87.1 Å². The first-order valence-electron chi connectivity index (χ1n) is 12.3. The minimum atomic E-state index is -1.62. The first kappa shape index (κ1) is 27.6. The molecule has 0 spiro atoms. The maximum atomic E-state index is 13.9. The molecular formula is C27H37NO5S2. The molecule has 2 aromatic carbocycles. The SMILES string of the molecule is CCCCC1(CCCC)CN(c2ccccc2)c2cc(SC)c(OCC(O)C(=O)O)cc2S(=O)C1. The monoisotopic (exact) mass is 519 g/mol. The van der Waals surface area contributed by atoms with E-state index in [1.54, 1.807) is 6.07 Å². The number of thioether (sulfide) groups is 1. The predicted molar refractivity (Wildman–Crippen MR) is 144 cm³/mol. The van der Waals surface area contributed by atoms with Gasteiger partial charge >= 0.3 is 5.97 Å². The van der Waals surface area contributed by atoms with E-state index >= 15 is 0 Å². The first-order valence-corrected chi connectivity index (χ1v) is 14.8. The highest BCUT2D eigenvalue weighted by Gasteiger charge is 2.39. The number of nitrogens with zero attached hydrogens (tertiary/aromatic N) is 1. The standard InChI is InChI=1S/C27H37NO5S2/c1-4-6-13-27(14-7-5-2)18-28(20-11-9-8-10-12-20)21-15-24(34-3)23(16-25(21)35(32)19-27)33-17-22(29)26(30)31/h8-12,15-16,22,29H,4-7,13-14,17-19H2,1-3H3,(H,30,31). The van der Waals surface area contributed by atoms with E-state index in [9.17, 15) is 14.1 Å². The molecule has 8 heteroatoms. The Hall–Kier alpha value is -2.03. The number of unbranched alkanes of at least 4 members (excludes halogenated alkanes) is 2. The molecule has 0 amide bonds. The molecular weight excluding hydrogens is 482 g/mol. The van der Waals surface area contributed by atoms with Crippen LogP contribution in [0.3, 0.4) is 0 Å². The zero-order valence-corrected chi connectivity index (χ0v) is 22.5. The Labute approximate surface area is 215 Å². The molecule has 35 heavy (non-hydrogen) atoms. The summed E-state index contributed by atoms with van der Waals surface area (Å²) in [5.41, 5.74) is 1.89. The van der Waals surface area contributed by atoms with Gasteiger partial charge in [0, 0.05) is 23.4 Å². The number of carboxylic acids is 1. The Morgan fingerprint density at radius 2 is 1.83 bits per heavy atom. The van der Waals surface area contributed by atoms with E-state index in [1.807, 2.05) is 30.5 Å². The van der Waals surface area contributed by atoms with Crippen LogP contribution >= 0.6 is 11.8 Å². The number of hydrogen-bond donors (Lipinski definition) is 2. The van der Waals surface area contributed by atoms with Gasteiger partial charge in [-0.25, -0.2) is 4.79 Å². The van der Waals surface area contributed by atoms with E-state index in [-0.39, 0.29) is 12.0 Å². The fraction of sp³-hybridized carbons (Fsp3) is 0.519. The van der Waals surface area contributed by atoms with Crippen molar-refractivity contribution in [2.75, 3.05) is 30.1 Å². The first-order chi connectivity index (χ1) is 16.8. The number of benzene rings is 2. The molecule has 2 unspecified atom stereocenters. The van der Waals surface area contributed by atoms with Crippen LogP contribution in [0.1, 0.15) is 52.4 Å². The van der Waals surface area contributed by atoms with Crippen molar-refractivity contribution in [3.63, 3.8) is 0 Å². The van der Waals surface area contributed by atoms with Crippen molar-refractivity contribution >= 4 is 39.9 Å². The second-order valence-electron chi connectivity index (χ2n) is 9.25. The zero-order chi connectivity index (χ0) is 25.4. The summed E-state index contributed by atoms with van der Waals surface area (Å²) >= 11 is 1.48. The summed E-state index contributed by atoms with van der Waals surface area (Å²) in [5, 5.41) is 18.7. The molecule has 0 saturated heterocycles. The van der Waals surface area contributed by atoms with Crippen molar-refractivity contribution in [1.82, 2.24) is 0 Å². The number of para-hydroxylation sites is 1. The summed E-state index contributed by atoms with van der Waals surface area (Å²) in [7, 11) is -1.26. The van der Waals surface area contributed by atoms with Crippen LogP contribution in [0.25, 0.3) is 0 Å². The van der Waals surface area contributed by atoms with E-state index in [1.165, 1.54) is 11.8 Å². The molecule has 0 radical (unpaired) electrons. The van der Waals surface area contributed by atoms with Gasteiger partial charge in [0.15, 0.2) is 6.10 Å². The van der Waals surface area contributed by atoms with E-state index in [2.05, 4.69) is 30.9 Å². The molecule has 2 N–H and O–H groups in total. The largest absolute Gasteiger partial charge is 0.489 e.